The first-order chi connectivity index (χ1) is 10.0. The number of nitrogen functional groups attached to an aromatic ring is 1. The lowest BCUT2D eigenvalue weighted by Gasteiger charge is -2.20. The summed E-state index contributed by atoms with van der Waals surface area (Å²) in [4.78, 5) is 11.7. The number of aliphatic hydroxyl groups excluding tert-OH is 2. The molecular formula is C11H11FN6O3. The molecule has 3 rings (SSSR count). The molecule has 4 atom stereocenters. The van der Waals surface area contributed by atoms with Crippen LogP contribution in [0.1, 0.15) is 6.23 Å². The lowest BCUT2D eigenvalue weighted by atomic mass is 9.99. The van der Waals surface area contributed by atoms with Gasteiger partial charge in [-0.15, -0.1) is 0 Å². The summed E-state index contributed by atoms with van der Waals surface area (Å²) in [7, 11) is 0. The van der Waals surface area contributed by atoms with Gasteiger partial charge in [-0.2, -0.15) is 5.26 Å². The van der Waals surface area contributed by atoms with Crippen LogP contribution >= 0.6 is 0 Å². The number of nitriles is 1. The Labute approximate surface area is 117 Å². The molecule has 0 radical (unpaired) electrons. The van der Waals surface area contributed by atoms with Gasteiger partial charge in [0, 0.05) is 0 Å². The number of rotatable bonds is 2. The highest BCUT2D eigenvalue weighted by molar-refractivity contribution is 5.81. The van der Waals surface area contributed by atoms with Crippen molar-refractivity contribution in [3.8, 4) is 6.07 Å². The van der Waals surface area contributed by atoms with Crippen molar-refractivity contribution < 1.29 is 19.3 Å². The number of hydrogen-bond acceptors (Lipinski definition) is 8. The zero-order valence-corrected chi connectivity index (χ0v) is 10.6. The van der Waals surface area contributed by atoms with Gasteiger partial charge >= 0.3 is 0 Å². The summed E-state index contributed by atoms with van der Waals surface area (Å²) in [6.45, 7) is -0.842. The van der Waals surface area contributed by atoms with Gasteiger partial charge in [0.25, 0.3) is 0 Å². The number of ether oxygens (including phenoxy) is 1. The van der Waals surface area contributed by atoms with Crippen LogP contribution in [0.3, 0.4) is 0 Å². The van der Waals surface area contributed by atoms with Crippen molar-refractivity contribution in [3.63, 3.8) is 0 Å². The molecule has 0 saturated carbocycles. The van der Waals surface area contributed by atoms with Crippen LogP contribution in [-0.4, -0.2) is 54.2 Å². The highest BCUT2D eigenvalue weighted by atomic mass is 19.1. The molecule has 1 aliphatic heterocycles. The quantitative estimate of drug-likeness (QED) is 0.632. The summed E-state index contributed by atoms with van der Waals surface area (Å²) in [6, 6.07) is 1.61. The molecule has 4 N–H and O–H groups in total. The monoisotopic (exact) mass is 294 g/mol. The standard InChI is InChI=1S/C11H11FN6O3/c12-5-7(20)11(1-13,2-19)21-10(5)18-4-17-6-8(14)15-3-16-9(6)18/h3-5,7,10,19-20H,2H2,(H2,14,15,16)/t5-,7-,10+,11+/m0/s1. The van der Waals surface area contributed by atoms with Crippen molar-refractivity contribution in [3.05, 3.63) is 12.7 Å². The molecule has 21 heavy (non-hydrogen) atoms. The van der Waals surface area contributed by atoms with Gasteiger partial charge in [0.2, 0.25) is 5.60 Å². The molecule has 1 aliphatic rings. The van der Waals surface area contributed by atoms with E-state index in [1.165, 1.54) is 17.2 Å². The van der Waals surface area contributed by atoms with Crippen molar-refractivity contribution in [1.29, 1.82) is 5.26 Å². The Morgan fingerprint density at radius 1 is 1.52 bits per heavy atom. The van der Waals surface area contributed by atoms with E-state index in [1.807, 2.05) is 0 Å². The predicted octanol–water partition coefficient (Wildman–Crippen LogP) is -1.11. The van der Waals surface area contributed by atoms with Crippen LogP contribution in [0.25, 0.3) is 11.2 Å². The molecule has 0 unspecified atom stereocenters. The SMILES string of the molecule is N#C[C@]1(CO)O[C@@H](n2cnc3c(N)ncnc32)[C@@H](F)[C@@H]1O. The third-order valence-corrected chi connectivity index (χ3v) is 3.47. The second-order valence-corrected chi connectivity index (χ2v) is 4.64. The molecule has 2 aromatic rings. The number of hydrogen-bond donors (Lipinski definition) is 3. The number of fused-ring (bicyclic) bond motifs is 1. The fourth-order valence-electron chi connectivity index (χ4n) is 2.29. The van der Waals surface area contributed by atoms with Gasteiger partial charge in [0.15, 0.2) is 23.9 Å². The number of aromatic nitrogens is 4. The molecule has 9 nitrogen and oxygen atoms in total. The fraction of sp³-hybridized carbons (Fsp3) is 0.455. The molecule has 10 heteroatoms. The minimum atomic E-state index is -2.03. The van der Waals surface area contributed by atoms with Crippen molar-refractivity contribution in [2.75, 3.05) is 12.3 Å². The third-order valence-electron chi connectivity index (χ3n) is 3.47. The summed E-state index contributed by atoms with van der Waals surface area (Å²) in [5, 5.41) is 28.1. The molecule has 0 aliphatic carbocycles. The van der Waals surface area contributed by atoms with Crippen LogP contribution in [0.2, 0.25) is 0 Å². The number of nitrogens with two attached hydrogens (primary N) is 1. The van der Waals surface area contributed by atoms with E-state index in [9.17, 15) is 14.6 Å². The lowest BCUT2D eigenvalue weighted by Crippen LogP contribution is -2.44. The number of nitrogens with zero attached hydrogens (tertiary/aromatic N) is 5. The van der Waals surface area contributed by atoms with E-state index in [0.29, 0.717) is 0 Å². The molecule has 3 heterocycles. The van der Waals surface area contributed by atoms with Gasteiger partial charge < -0.3 is 20.7 Å². The zero-order chi connectivity index (χ0) is 15.2. The second-order valence-electron chi connectivity index (χ2n) is 4.64. The molecule has 0 aromatic carbocycles. The first-order valence-electron chi connectivity index (χ1n) is 5.99. The minimum Gasteiger partial charge on any atom is -0.392 e. The molecule has 0 bridgehead atoms. The Balaban J connectivity index is 2.08. The van der Waals surface area contributed by atoms with E-state index in [4.69, 9.17) is 15.7 Å². The van der Waals surface area contributed by atoms with E-state index in [1.54, 1.807) is 6.07 Å². The molecule has 2 aromatic heterocycles. The van der Waals surface area contributed by atoms with Gasteiger partial charge in [-0.25, -0.2) is 19.3 Å². The molecule has 1 fully saturated rings. The highest BCUT2D eigenvalue weighted by Crippen LogP contribution is 2.39. The molecule has 0 spiro atoms. The van der Waals surface area contributed by atoms with E-state index in [2.05, 4.69) is 15.0 Å². The Bertz CT molecular complexity index is 730. The molecule has 110 valence electrons. The Hall–Kier alpha value is -2.35. The van der Waals surface area contributed by atoms with E-state index in [0.717, 1.165) is 0 Å². The maximum Gasteiger partial charge on any atom is 0.208 e. The van der Waals surface area contributed by atoms with E-state index >= 15 is 0 Å². The van der Waals surface area contributed by atoms with E-state index < -0.39 is 30.7 Å². The van der Waals surface area contributed by atoms with Gasteiger partial charge in [-0.3, -0.25) is 4.57 Å². The van der Waals surface area contributed by atoms with Crippen LogP contribution < -0.4 is 5.73 Å². The van der Waals surface area contributed by atoms with Crippen LogP contribution in [-0.2, 0) is 4.74 Å². The zero-order valence-electron chi connectivity index (χ0n) is 10.6. The summed E-state index contributed by atoms with van der Waals surface area (Å²) >= 11 is 0. The first kappa shape index (κ1) is 13.6. The summed E-state index contributed by atoms with van der Waals surface area (Å²) in [5.41, 5.74) is 4.06. The first-order valence-corrected chi connectivity index (χ1v) is 5.99. The largest absolute Gasteiger partial charge is 0.392 e. The Morgan fingerprint density at radius 3 is 2.90 bits per heavy atom. The van der Waals surface area contributed by atoms with E-state index in [-0.39, 0.29) is 17.0 Å². The van der Waals surface area contributed by atoms with Crippen LogP contribution in [0.15, 0.2) is 12.7 Å². The average molecular weight is 294 g/mol. The second kappa shape index (κ2) is 4.59. The summed E-state index contributed by atoms with van der Waals surface area (Å²) < 4.78 is 20.7. The van der Waals surface area contributed by atoms with Crippen LogP contribution in [0.4, 0.5) is 10.2 Å². The Morgan fingerprint density at radius 2 is 2.29 bits per heavy atom. The van der Waals surface area contributed by atoms with Crippen molar-refractivity contribution in [2.45, 2.75) is 24.1 Å². The van der Waals surface area contributed by atoms with Gasteiger partial charge in [-0.05, 0) is 0 Å². The Kier molecular flexibility index (Phi) is 2.98. The van der Waals surface area contributed by atoms with Crippen LogP contribution in [0, 0.1) is 11.3 Å². The maximum absolute atomic E-state index is 14.3. The normalized spacial score (nSPS) is 32.4. The number of halogens is 1. The number of alkyl halides is 1. The average Bonchev–Trinajstić information content (AvgIpc) is 3.02. The minimum absolute atomic E-state index is 0.112. The van der Waals surface area contributed by atoms with Crippen molar-refractivity contribution in [1.82, 2.24) is 19.5 Å². The highest BCUT2D eigenvalue weighted by Gasteiger charge is 2.56. The number of anilines is 1. The third kappa shape index (κ3) is 1.75. The molecular weight excluding hydrogens is 283 g/mol. The van der Waals surface area contributed by atoms with Crippen LogP contribution in [0.5, 0.6) is 0 Å². The number of aliphatic hydroxyl groups is 2. The summed E-state index contributed by atoms with van der Waals surface area (Å²) in [6.07, 6.45) is -2.69. The lowest BCUT2D eigenvalue weighted by molar-refractivity contribution is -0.0912. The summed E-state index contributed by atoms with van der Waals surface area (Å²) in [5.74, 6) is 0.112. The molecule has 0 amide bonds. The van der Waals surface area contributed by atoms with Crippen molar-refractivity contribution in [2.24, 2.45) is 0 Å². The smallest absolute Gasteiger partial charge is 0.208 e. The van der Waals surface area contributed by atoms with Gasteiger partial charge in [0.05, 0.1) is 12.9 Å². The van der Waals surface area contributed by atoms with Gasteiger partial charge in [0.1, 0.15) is 24.0 Å². The predicted molar refractivity (Wildman–Crippen MR) is 66.2 cm³/mol. The number of imidazole rings is 1. The topological polar surface area (TPSA) is 143 Å². The fourth-order valence-corrected chi connectivity index (χ4v) is 2.29. The maximum atomic E-state index is 14.3. The molecule has 1 saturated heterocycles. The van der Waals surface area contributed by atoms with Crippen molar-refractivity contribution >= 4 is 17.0 Å². The van der Waals surface area contributed by atoms with Gasteiger partial charge in [-0.1, -0.05) is 0 Å².